The number of hydrogen-bond acceptors (Lipinski definition) is 5. The van der Waals surface area contributed by atoms with E-state index in [1.807, 2.05) is 0 Å². The smallest absolute Gasteiger partial charge is 0.115 e. The summed E-state index contributed by atoms with van der Waals surface area (Å²) in [6, 6.07) is 0. The van der Waals surface area contributed by atoms with Crippen molar-refractivity contribution in [3.63, 3.8) is 0 Å². The fourth-order valence-corrected chi connectivity index (χ4v) is 1.79. The fourth-order valence-electron chi connectivity index (χ4n) is 1.79. The summed E-state index contributed by atoms with van der Waals surface area (Å²) in [4.78, 5) is 0. The number of aliphatic hydroxyl groups is 2. The monoisotopic (exact) mass is 190 g/mol. The van der Waals surface area contributed by atoms with Crippen LogP contribution in [0.4, 0.5) is 0 Å². The largest absolute Gasteiger partial charge is 0.394 e. The van der Waals surface area contributed by atoms with Crippen LogP contribution in [-0.4, -0.2) is 61.1 Å². The topological polar surface area (TPSA) is 68.2 Å². The Morgan fingerprint density at radius 2 is 2.00 bits per heavy atom. The molecule has 0 radical (unpaired) electrons. The van der Waals surface area contributed by atoms with Crippen molar-refractivity contribution >= 4 is 0 Å². The average Bonchev–Trinajstić information content (AvgIpc) is 2.67. The lowest BCUT2D eigenvalue weighted by Gasteiger charge is -2.15. The molecule has 5 heteroatoms. The Hall–Kier alpha value is -0.200. The van der Waals surface area contributed by atoms with E-state index in [9.17, 15) is 5.11 Å². The summed E-state index contributed by atoms with van der Waals surface area (Å²) in [7, 11) is 0. The summed E-state index contributed by atoms with van der Waals surface area (Å²) in [6.07, 6.45) is -1.09. The third kappa shape index (κ3) is 1.70. The first-order chi connectivity index (χ1) is 6.33. The van der Waals surface area contributed by atoms with Gasteiger partial charge in [0.1, 0.15) is 24.4 Å². The number of hydrogen-bond donors (Lipinski definition) is 2. The molecule has 4 atom stereocenters. The van der Waals surface area contributed by atoms with Crippen LogP contribution in [-0.2, 0) is 14.2 Å². The highest BCUT2D eigenvalue weighted by molar-refractivity contribution is 4.94. The lowest BCUT2D eigenvalue weighted by atomic mass is 10.1. The predicted molar refractivity (Wildman–Crippen MR) is 42.3 cm³/mol. The molecule has 0 amide bonds. The molecule has 0 aliphatic carbocycles. The molecule has 0 bridgehead atoms. The molecule has 2 rings (SSSR count). The number of ether oxygens (including phenoxy) is 3. The zero-order valence-corrected chi connectivity index (χ0v) is 7.26. The molecule has 0 spiro atoms. The van der Waals surface area contributed by atoms with Crippen molar-refractivity contribution in [3.05, 3.63) is 0 Å². The van der Waals surface area contributed by atoms with Gasteiger partial charge in [-0.15, -0.1) is 0 Å². The van der Waals surface area contributed by atoms with Crippen molar-refractivity contribution in [2.24, 2.45) is 0 Å². The fraction of sp³-hybridized carbons (Fsp3) is 1.00. The van der Waals surface area contributed by atoms with Crippen LogP contribution >= 0.6 is 0 Å². The Labute approximate surface area is 76.2 Å². The van der Waals surface area contributed by atoms with Crippen LogP contribution in [0.2, 0.25) is 0 Å². The van der Waals surface area contributed by atoms with E-state index in [-0.39, 0.29) is 31.5 Å². The van der Waals surface area contributed by atoms with Gasteiger partial charge >= 0.3 is 0 Å². The highest BCUT2D eigenvalue weighted by atomic mass is 16.6. The zero-order valence-electron chi connectivity index (χ0n) is 7.26. The maximum Gasteiger partial charge on any atom is 0.115 e. The molecule has 13 heavy (non-hydrogen) atoms. The summed E-state index contributed by atoms with van der Waals surface area (Å²) in [6.45, 7) is 1.04. The summed E-state index contributed by atoms with van der Waals surface area (Å²) in [5.41, 5.74) is 0. The first-order valence-electron chi connectivity index (χ1n) is 4.46. The number of fused-ring (bicyclic) bond motifs is 1. The van der Waals surface area contributed by atoms with Gasteiger partial charge in [0.25, 0.3) is 0 Å². The molecule has 2 heterocycles. The van der Waals surface area contributed by atoms with Gasteiger partial charge in [-0.3, -0.25) is 0 Å². The van der Waals surface area contributed by atoms with Crippen molar-refractivity contribution < 1.29 is 24.4 Å². The second kappa shape index (κ2) is 3.89. The second-order valence-corrected chi connectivity index (χ2v) is 3.30. The van der Waals surface area contributed by atoms with E-state index in [1.165, 1.54) is 0 Å². The van der Waals surface area contributed by atoms with Gasteiger partial charge in [0.2, 0.25) is 0 Å². The van der Waals surface area contributed by atoms with Crippen LogP contribution in [0.3, 0.4) is 0 Å². The van der Waals surface area contributed by atoms with E-state index in [2.05, 4.69) is 0 Å². The van der Waals surface area contributed by atoms with E-state index in [0.717, 1.165) is 0 Å². The lowest BCUT2D eigenvalue weighted by molar-refractivity contribution is -0.0454. The van der Waals surface area contributed by atoms with Crippen LogP contribution in [0.25, 0.3) is 0 Å². The van der Waals surface area contributed by atoms with Crippen molar-refractivity contribution in [1.29, 1.82) is 0 Å². The van der Waals surface area contributed by atoms with E-state index in [4.69, 9.17) is 19.3 Å². The van der Waals surface area contributed by atoms with Gasteiger partial charge in [-0.2, -0.15) is 0 Å². The Kier molecular flexibility index (Phi) is 2.80. The molecule has 2 saturated heterocycles. The third-order valence-electron chi connectivity index (χ3n) is 2.41. The molecule has 76 valence electrons. The van der Waals surface area contributed by atoms with Gasteiger partial charge in [0, 0.05) is 0 Å². The van der Waals surface area contributed by atoms with Crippen molar-refractivity contribution in [2.75, 3.05) is 26.4 Å². The Bertz CT molecular complexity index is 174. The molecule has 0 unspecified atom stereocenters. The minimum absolute atomic E-state index is 0.00353. The molecule has 2 N–H and O–H groups in total. The molecule has 0 aromatic heterocycles. The van der Waals surface area contributed by atoms with E-state index in [1.54, 1.807) is 0 Å². The van der Waals surface area contributed by atoms with Crippen LogP contribution in [0.15, 0.2) is 0 Å². The maximum atomic E-state index is 9.39. The van der Waals surface area contributed by atoms with Gasteiger partial charge < -0.3 is 24.4 Å². The second-order valence-electron chi connectivity index (χ2n) is 3.30. The molecule has 5 nitrogen and oxygen atoms in total. The van der Waals surface area contributed by atoms with Crippen LogP contribution < -0.4 is 0 Å². The van der Waals surface area contributed by atoms with Crippen molar-refractivity contribution in [3.8, 4) is 0 Å². The Morgan fingerprint density at radius 3 is 2.77 bits per heavy atom. The Morgan fingerprint density at radius 1 is 1.23 bits per heavy atom. The normalized spacial score (nSPS) is 43.8. The highest BCUT2D eigenvalue weighted by Gasteiger charge is 2.47. The first-order valence-corrected chi connectivity index (χ1v) is 4.46. The molecular weight excluding hydrogens is 176 g/mol. The van der Waals surface area contributed by atoms with E-state index < -0.39 is 6.10 Å². The van der Waals surface area contributed by atoms with Crippen LogP contribution in [0.1, 0.15) is 0 Å². The van der Waals surface area contributed by atoms with Crippen LogP contribution in [0, 0.1) is 0 Å². The van der Waals surface area contributed by atoms with Gasteiger partial charge in [-0.1, -0.05) is 0 Å². The summed E-state index contributed by atoms with van der Waals surface area (Å²) in [5.74, 6) is 0. The first kappa shape index (κ1) is 9.36. The molecule has 0 aromatic carbocycles. The SMILES string of the molecule is OCCO[C@@H]1CO[C@H]2[C@@H]1OC[C@@H]2O. The minimum Gasteiger partial charge on any atom is -0.394 e. The summed E-state index contributed by atoms with van der Waals surface area (Å²) in [5, 5.41) is 18.0. The number of rotatable bonds is 3. The number of aliphatic hydroxyl groups excluding tert-OH is 2. The van der Waals surface area contributed by atoms with Gasteiger partial charge in [0.05, 0.1) is 26.4 Å². The summed E-state index contributed by atoms with van der Waals surface area (Å²) >= 11 is 0. The van der Waals surface area contributed by atoms with E-state index in [0.29, 0.717) is 13.2 Å². The quantitative estimate of drug-likeness (QED) is 0.568. The highest BCUT2D eigenvalue weighted by Crippen LogP contribution is 2.28. The van der Waals surface area contributed by atoms with Crippen molar-refractivity contribution in [1.82, 2.24) is 0 Å². The standard InChI is InChI=1S/C8H14O5/c9-1-2-11-6-4-13-7-5(10)3-12-8(6)7/h5-10H,1-4H2/t5-,6+,7+,8+/m0/s1. The average molecular weight is 190 g/mol. The molecule has 0 aromatic rings. The molecule has 2 fully saturated rings. The molecule has 2 aliphatic rings. The lowest BCUT2D eigenvalue weighted by Crippen LogP contribution is -2.33. The third-order valence-corrected chi connectivity index (χ3v) is 2.41. The summed E-state index contributed by atoms with van der Waals surface area (Å²) < 4.78 is 15.9. The van der Waals surface area contributed by atoms with Gasteiger partial charge in [-0.05, 0) is 0 Å². The molecule has 2 aliphatic heterocycles. The van der Waals surface area contributed by atoms with Gasteiger partial charge in [0.15, 0.2) is 0 Å². The van der Waals surface area contributed by atoms with E-state index >= 15 is 0 Å². The predicted octanol–water partition coefficient (Wildman–Crippen LogP) is -1.48. The van der Waals surface area contributed by atoms with Crippen molar-refractivity contribution in [2.45, 2.75) is 24.4 Å². The molecular formula is C8H14O5. The Balaban J connectivity index is 1.87. The zero-order chi connectivity index (χ0) is 9.26. The van der Waals surface area contributed by atoms with Gasteiger partial charge in [-0.25, -0.2) is 0 Å². The minimum atomic E-state index is -0.535. The maximum absolute atomic E-state index is 9.39. The van der Waals surface area contributed by atoms with Crippen LogP contribution in [0.5, 0.6) is 0 Å². The molecule has 0 saturated carbocycles.